The van der Waals surface area contributed by atoms with Gasteiger partial charge in [-0.3, -0.25) is 19.2 Å². The summed E-state index contributed by atoms with van der Waals surface area (Å²) < 4.78 is 0. The first-order valence-electron chi connectivity index (χ1n) is 7.95. The van der Waals surface area contributed by atoms with Gasteiger partial charge in [-0.25, -0.2) is 0 Å². The lowest BCUT2D eigenvalue weighted by Crippen LogP contribution is -2.45. The minimum atomic E-state index is -0.454. The lowest BCUT2D eigenvalue weighted by Gasteiger charge is -2.25. The molecule has 23 heavy (non-hydrogen) atoms. The van der Waals surface area contributed by atoms with Crippen LogP contribution in [0.1, 0.15) is 19.8 Å². The fourth-order valence-electron chi connectivity index (χ4n) is 3.03. The van der Waals surface area contributed by atoms with Crippen molar-refractivity contribution >= 4 is 23.6 Å². The Kier molecular flexibility index (Phi) is 5.57. The summed E-state index contributed by atoms with van der Waals surface area (Å²) in [5.41, 5.74) is 0. The third-order valence-corrected chi connectivity index (χ3v) is 4.43. The first-order valence-corrected chi connectivity index (χ1v) is 7.95. The van der Waals surface area contributed by atoms with Gasteiger partial charge in [-0.2, -0.15) is 0 Å². The summed E-state index contributed by atoms with van der Waals surface area (Å²) in [6.45, 7) is 3.49. The minimum absolute atomic E-state index is 0.00128. The zero-order valence-electron chi connectivity index (χ0n) is 13.7. The number of rotatable bonds is 3. The zero-order valence-corrected chi connectivity index (χ0v) is 13.7. The summed E-state index contributed by atoms with van der Waals surface area (Å²) in [7, 11) is 1.54. The van der Waals surface area contributed by atoms with Gasteiger partial charge in [0.1, 0.15) is 0 Å². The van der Waals surface area contributed by atoms with E-state index < -0.39 is 5.92 Å². The lowest BCUT2D eigenvalue weighted by atomic mass is 10.1. The quantitative estimate of drug-likeness (QED) is 0.696. The number of amides is 4. The average molecular weight is 324 g/mol. The van der Waals surface area contributed by atoms with Crippen LogP contribution < -0.4 is 5.32 Å². The van der Waals surface area contributed by atoms with Gasteiger partial charge < -0.3 is 20.0 Å². The van der Waals surface area contributed by atoms with Crippen molar-refractivity contribution < 1.29 is 19.2 Å². The molecule has 2 heterocycles. The molecule has 0 aliphatic carbocycles. The van der Waals surface area contributed by atoms with Crippen molar-refractivity contribution in [2.75, 3.05) is 46.3 Å². The highest BCUT2D eigenvalue weighted by Crippen LogP contribution is 2.13. The fraction of sp³-hybridized carbons (Fsp3) is 0.733. The maximum absolute atomic E-state index is 12.5. The van der Waals surface area contributed by atoms with Crippen LogP contribution in [0.2, 0.25) is 0 Å². The van der Waals surface area contributed by atoms with E-state index in [2.05, 4.69) is 5.32 Å². The summed E-state index contributed by atoms with van der Waals surface area (Å²) in [6.07, 6.45) is 1.28. The van der Waals surface area contributed by atoms with Gasteiger partial charge in [-0.1, -0.05) is 0 Å². The maximum Gasteiger partial charge on any atom is 0.242 e. The molecule has 0 bridgehead atoms. The largest absolute Gasteiger partial charge is 0.359 e. The van der Waals surface area contributed by atoms with E-state index in [-0.39, 0.29) is 36.7 Å². The van der Waals surface area contributed by atoms with E-state index in [1.54, 1.807) is 21.7 Å². The van der Waals surface area contributed by atoms with Crippen LogP contribution in [0.3, 0.4) is 0 Å². The molecule has 2 saturated heterocycles. The van der Waals surface area contributed by atoms with Crippen molar-refractivity contribution in [3.05, 3.63) is 0 Å². The second-order valence-electron chi connectivity index (χ2n) is 6.03. The van der Waals surface area contributed by atoms with Crippen LogP contribution in [0, 0.1) is 5.92 Å². The lowest BCUT2D eigenvalue weighted by molar-refractivity contribution is -0.139. The number of nitrogens with one attached hydrogen (secondary N) is 1. The molecule has 0 aromatic heterocycles. The van der Waals surface area contributed by atoms with Gasteiger partial charge in [0.05, 0.1) is 12.5 Å². The van der Waals surface area contributed by atoms with E-state index in [0.29, 0.717) is 32.6 Å². The molecule has 1 atom stereocenters. The Labute approximate surface area is 135 Å². The fourth-order valence-corrected chi connectivity index (χ4v) is 3.03. The molecule has 1 unspecified atom stereocenters. The summed E-state index contributed by atoms with van der Waals surface area (Å²) >= 11 is 0. The van der Waals surface area contributed by atoms with E-state index >= 15 is 0 Å². The van der Waals surface area contributed by atoms with Gasteiger partial charge in [0.15, 0.2) is 0 Å². The molecule has 8 heteroatoms. The average Bonchev–Trinajstić information content (AvgIpc) is 2.79. The second kappa shape index (κ2) is 7.43. The molecular formula is C15H24N4O4. The Morgan fingerprint density at radius 1 is 1.13 bits per heavy atom. The van der Waals surface area contributed by atoms with Crippen LogP contribution in [0.5, 0.6) is 0 Å². The molecule has 0 aromatic carbocycles. The minimum Gasteiger partial charge on any atom is -0.359 e. The summed E-state index contributed by atoms with van der Waals surface area (Å²) in [5.74, 6) is -0.915. The molecule has 2 aliphatic heterocycles. The van der Waals surface area contributed by atoms with Crippen LogP contribution in [0.15, 0.2) is 0 Å². The van der Waals surface area contributed by atoms with E-state index in [0.717, 1.165) is 6.42 Å². The molecule has 1 N–H and O–H groups in total. The summed E-state index contributed by atoms with van der Waals surface area (Å²) in [5, 5.41) is 2.58. The van der Waals surface area contributed by atoms with E-state index in [1.165, 1.54) is 6.92 Å². The molecule has 2 fully saturated rings. The molecule has 0 saturated carbocycles. The van der Waals surface area contributed by atoms with Crippen molar-refractivity contribution in [1.29, 1.82) is 0 Å². The Bertz CT molecular complexity index is 508. The van der Waals surface area contributed by atoms with Crippen molar-refractivity contribution in [1.82, 2.24) is 20.0 Å². The Balaban J connectivity index is 2.04. The molecule has 0 radical (unpaired) electrons. The molecule has 0 aromatic rings. The molecule has 8 nitrogen and oxygen atoms in total. The SMILES string of the molecule is CNC(=O)C1CN(C(C)=O)CCN(C(=O)CN2CCCC2=O)C1. The second-order valence-corrected chi connectivity index (χ2v) is 6.03. The van der Waals surface area contributed by atoms with Gasteiger partial charge in [-0.15, -0.1) is 0 Å². The molecular weight excluding hydrogens is 300 g/mol. The van der Waals surface area contributed by atoms with Crippen molar-refractivity contribution in [2.45, 2.75) is 19.8 Å². The van der Waals surface area contributed by atoms with E-state index in [9.17, 15) is 19.2 Å². The van der Waals surface area contributed by atoms with Gasteiger partial charge in [0.25, 0.3) is 0 Å². The number of likely N-dealkylation sites (tertiary alicyclic amines) is 1. The van der Waals surface area contributed by atoms with E-state index in [1.807, 2.05) is 0 Å². The number of carbonyl (C=O) groups excluding carboxylic acids is 4. The number of nitrogens with zero attached hydrogens (tertiary/aromatic N) is 3. The van der Waals surface area contributed by atoms with Crippen molar-refractivity contribution in [3.8, 4) is 0 Å². The Morgan fingerprint density at radius 3 is 2.35 bits per heavy atom. The van der Waals surface area contributed by atoms with Gasteiger partial charge >= 0.3 is 0 Å². The first-order chi connectivity index (χ1) is 10.9. The Hall–Kier alpha value is -2.12. The third kappa shape index (κ3) is 4.20. The van der Waals surface area contributed by atoms with Crippen LogP contribution in [0.4, 0.5) is 0 Å². The highest BCUT2D eigenvalue weighted by molar-refractivity contribution is 5.87. The monoisotopic (exact) mass is 324 g/mol. The highest BCUT2D eigenvalue weighted by atomic mass is 16.2. The summed E-state index contributed by atoms with van der Waals surface area (Å²) in [4.78, 5) is 52.5. The highest BCUT2D eigenvalue weighted by Gasteiger charge is 2.32. The normalized spacial score (nSPS) is 22.1. The predicted octanol–water partition coefficient (Wildman–Crippen LogP) is -1.34. The van der Waals surface area contributed by atoms with Gasteiger partial charge in [-0.05, 0) is 6.42 Å². The smallest absolute Gasteiger partial charge is 0.242 e. The predicted molar refractivity (Wildman–Crippen MR) is 82.2 cm³/mol. The van der Waals surface area contributed by atoms with Gasteiger partial charge in [0, 0.05) is 53.1 Å². The Morgan fingerprint density at radius 2 is 1.78 bits per heavy atom. The molecule has 2 aliphatic rings. The molecule has 128 valence electrons. The van der Waals surface area contributed by atoms with E-state index in [4.69, 9.17) is 0 Å². The van der Waals surface area contributed by atoms with Crippen LogP contribution in [-0.2, 0) is 19.2 Å². The summed E-state index contributed by atoms with van der Waals surface area (Å²) in [6, 6.07) is 0. The van der Waals surface area contributed by atoms with Gasteiger partial charge in [0.2, 0.25) is 23.6 Å². The number of carbonyl (C=O) groups is 4. The topological polar surface area (TPSA) is 90.0 Å². The number of hydrogen-bond acceptors (Lipinski definition) is 4. The van der Waals surface area contributed by atoms with Crippen molar-refractivity contribution in [3.63, 3.8) is 0 Å². The maximum atomic E-state index is 12.5. The standard InChI is InChI=1S/C15H24N4O4/c1-11(20)17-6-7-19(9-12(8-17)15(23)16-2)14(22)10-18-5-3-4-13(18)21/h12H,3-10H2,1-2H3,(H,16,23). The zero-order chi connectivity index (χ0) is 17.0. The van der Waals surface area contributed by atoms with Crippen LogP contribution >= 0.6 is 0 Å². The first kappa shape index (κ1) is 17.2. The molecule has 4 amide bonds. The number of hydrogen-bond donors (Lipinski definition) is 1. The van der Waals surface area contributed by atoms with Crippen LogP contribution in [0.25, 0.3) is 0 Å². The molecule has 0 spiro atoms. The van der Waals surface area contributed by atoms with Crippen LogP contribution in [-0.4, -0.2) is 84.6 Å². The van der Waals surface area contributed by atoms with Crippen molar-refractivity contribution in [2.24, 2.45) is 5.92 Å². The molecule has 2 rings (SSSR count). The third-order valence-electron chi connectivity index (χ3n) is 4.43.